The van der Waals surface area contributed by atoms with Crippen molar-refractivity contribution in [3.05, 3.63) is 0 Å². The number of rotatable bonds is 68. The highest BCUT2D eigenvalue weighted by Gasteiger charge is 2.30. The van der Waals surface area contributed by atoms with Crippen molar-refractivity contribution in [2.24, 2.45) is 5.92 Å². The molecular weight excluding hydrogens is 1150 g/mol. The highest BCUT2D eigenvalue weighted by molar-refractivity contribution is 7.47. The normalized spacial score (nSPS) is 14.1. The standard InChI is InChI=1S/C68H132O17P2/c1-6-9-12-15-18-21-23-24-25-26-28-34-39-44-49-54-68(73)85-64(58-79-66(71)52-47-42-37-32-30-29-31-35-40-45-50-61(4)5)60-83-87(76,77)81-56-62(69)55-80-86(74,75)82-59-63(57-78-65(70)51-46-41-36-20-17-14-11-8-3)84-67(72)53-48-43-38-33-27-22-19-16-13-10-7-2/h61-64,69H,6-60H2,1-5H3,(H,74,75)(H,76,77)/t62-,63+,64+/m0/s1. The van der Waals surface area contributed by atoms with Crippen molar-refractivity contribution in [1.82, 2.24) is 0 Å². The van der Waals surface area contributed by atoms with E-state index in [-0.39, 0.29) is 25.7 Å². The van der Waals surface area contributed by atoms with Gasteiger partial charge in [0.05, 0.1) is 26.4 Å². The van der Waals surface area contributed by atoms with Gasteiger partial charge in [-0.2, -0.15) is 0 Å². The van der Waals surface area contributed by atoms with Crippen LogP contribution in [0.4, 0.5) is 0 Å². The van der Waals surface area contributed by atoms with Gasteiger partial charge in [-0.25, -0.2) is 9.13 Å². The fourth-order valence-corrected chi connectivity index (χ4v) is 11.9. The molecule has 0 saturated heterocycles. The first-order valence-corrected chi connectivity index (χ1v) is 38.6. The van der Waals surface area contributed by atoms with Crippen LogP contribution in [0.5, 0.6) is 0 Å². The van der Waals surface area contributed by atoms with Gasteiger partial charge in [-0.15, -0.1) is 0 Å². The molecule has 17 nitrogen and oxygen atoms in total. The van der Waals surface area contributed by atoms with Crippen LogP contribution >= 0.6 is 15.6 Å². The first-order chi connectivity index (χ1) is 42.0. The van der Waals surface area contributed by atoms with Crippen molar-refractivity contribution in [3.63, 3.8) is 0 Å². The minimum atomic E-state index is -4.95. The van der Waals surface area contributed by atoms with E-state index in [1.54, 1.807) is 0 Å². The summed E-state index contributed by atoms with van der Waals surface area (Å²) < 4.78 is 68.1. The van der Waals surface area contributed by atoms with E-state index in [9.17, 15) is 43.2 Å². The number of ether oxygens (including phenoxy) is 4. The molecule has 5 atom stereocenters. The van der Waals surface area contributed by atoms with Crippen LogP contribution in [0, 0.1) is 5.92 Å². The summed E-state index contributed by atoms with van der Waals surface area (Å²) in [6.45, 7) is 7.20. The van der Waals surface area contributed by atoms with Crippen LogP contribution in [-0.2, 0) is 65.4 Å². The molecule has 516 valence electrons. The van der Waals surface area contributed by atoms with Crippen LogP contribution < -0.4 is 0 Å². The summed E-state index contributed by atoms with van der Waals surface area (Å²) >= 11 is 0. The largest absolute Gasteiger partial charge is 0.472 e. The van der Waals surface area contributed by atoms with Crippen molar-refractivity contribution >= 4 is 39.5 Å². The molecule has 0 aromatic heterocycles. The Morgan fingerprint density at radius 2 is 0.529 bits per heavy atom. The Hall–Kier alpha value is -1.94. The highest BCUT2D eigenvalue weighted by Crippen LogP contribution is 2.45. The molecular formula is C68H132O17P2. The summed E-state index contributed by atoms with van der Waals surface area (Å²) in [6.07, 6.45) is 47.1. The third-order valence-electron chi connectivity index (χ3n) is 15.8. The van der Waals surface area contributed by atoms with E-state index in [0.29, 0.717) is 25.7 Å². The second-order valence-corrected chi connectivity index (χ2v) is 27.9. The third-order valence-corrected chi connectivity index (χ3v) is 17.7. The summed E-state index contributed by atoms with van der Waals surface area (Å²) in [7, 11) is -9.89. The lowest BCUT2D eigenvalue weighted by Gasteiger charge is -2.21. The van der Waals surface area contributed by atoms with Crippen LogP contribution in [0.25, 0.3) is 0 Å². The predicted octanol–water partition coefficient (Wildman–Crippen LogP) is 19.4. The molecule has 0 aromatic rings. The van der Waals surface area contributed by atoms with Crippen LogP contribution in [0.2, 0.25) is 0 Å². The smallest absolute Gasteiger partial charge is 0.462 e. The lowest BCUT2D eigenvalue weighted by Crippen LogP contribution is -2.30. The van der Waals surface area contributed by atoms with Gasteiger partial charge in [-0.3, -0.25) is 37.3 Å². The molecule has 0 saturated carbocycles. The summed E-state index contributed by atoms with van der Waals surface area (Å²) in [5, 5.41) is 10.6. The molecule has 0 rings (SSSR count). The topological polar surface area (TPSA) is 237 Å². The molecule has 0 radical (unpaired) electrons. The number of carbonyl (C=O) groups is 4. The number of aliphatic hydroxyl groups is 1. The van der Waals surface area contributed by atoms with E-state index in [2.05, 4.69) is 34.6 Å². The lowest BCUT2D eigenvalue weighted by atomic mass is 10.0. The fraction of sp³-hybridized carbons (Fsp3) is 0.941. The van der Waals surface area contributed by atoms with Gasteiger partial charge in [0.1, 0.15) is 19.3 Å². The second-order valence-electron chi connectivity index (χ2n) is 25.0. The molecule has 87 heavy (non-hydrogen) atoms. The average Bonchev–Trinajstić information content (AvgIpc) is 3.71. The quantitative estimate of drug-likeness (QED) is 0.0222. The number of carbonyl (C=O) groups excluding carboxylic acids is 4. The Balaban J connectivity index is 5.22. The molecule has 0 aliphatic carbocycles. The van der Waals surface area contributed by atoms with E-state index in [1.807, 2.05) is 0 Å². The van der Waals surface area contributed by atoms with E-state index < -0.39 is 97.5 Å². The van der Waals surface area contributed by atoms with Crippen molar-refractivity contribution in [2.75, 3.05) is 39.6 Å². The number of phosphoric acid groups is 2. The minimum Gasteiger partial charge on any atom is -0.462 e. The molecule has 0 bridgehead atoms. The first kappa shape index (κ1) is 85.1. The van der Waals surface area contributed by atoms with Gasteiger partial charge in [0, 0.05) is 25.7 Å². The Morgan fingerprint density at radius 1 is 0.310 bits per heavy atom. The zero-order valence-electron chi connectivity index (χ0n) is 56.2. The van der Waals surface area contributed by atoms with Crippen LogP contribution in [0.15, 0.2) is 0 Å². The van der Waals surface area contributed by atoms with E-state index in [0.717, 1.165) is 102 Å². The maximum atomic E-state index is 13.0. The number of hydrogen-bond donors (Lipinski definition) is 3. The lowest BCUT2D eigenvalue weighted by molar-refractivity contribution is -0.161. The second kappa shape index (κ2) is 61.6. The summed E-state index contributed by atoms with van der Waals surface area (Å²) in [4.78, 5) is 72.4. The molecule has 0 fully saturated rings. The number of hydrogen-bond acceptors (Lipinski definition) is 15. The van der Waals surface area contributed by atoms with Gasteiger partial charge in [0.25, 0.3) is 0 Å². The Bertz CT molecular complexity index is 1690. The van der Waals surface area contributed by atoms with E-state index >= 15 is 0 Å². The number of esters is 4. The average molecular weight is 1280 g/mol. The highest BCUT2D eigenvalue weighted by atomic mass is 31.2. The molecule has 0 amide bonds. The number of unbranched alkanes of at least 4 members (excludes halogenated alkanes) is 40. The molecule has 19 heteroatoms. The number of aliphatic hydroxyl groups excluding tert-OH is 1. The first-order valence-electron chi connectivity index (χ1n) is 35.6. The predicted molar refractivity (Wildman–Crippen MR) is 349 cm³/mol. The summed E-state index contributed by atoms with van der Waals surface area (Å²) in [5.74, 6) is -1.37. The van der Waals surface area contributed by atoms with E-state index in [1.165, 1.54) is 167 Å². The van der Waals surface area contributed by atoms with E-state index in [4.69, 9.17) is 37.0 Å². The third kappa shape index (κ3) is 62.6. The summed E-state index contributed by atoms with van der Waals surface area (Å²) in [6, 6.07) is 0. The fourth-order valence-electron chi connectivity index (χ4n) is 10.3. The van der Waals surface area contributed by atoms with Crippen LogP contribution in [0.1, 0.15) is 349 Å². The molecule has 0 spiro atoms. The zero-order valence-corrected chi connectivity index (χ0v) is 57.9. The maximum absolute atomic E-state index is 13.0. The van der Waals surface area contributed by atoms with Gasteiger partial charge < -0.3 is 33.8 Å². The number of phosphoric ester groups is 2. The van der Waals surface area contributed by atoms with Crippen molar-refractivity contribution in [1.29, 1.82) is 0 Å². The van der Waals surface area contributed by atoms with Gasteiger partial charge in [-0.1, -0.05) is 298 Å². The molecule has 2 unspecified atom stereocenters. The SMILES string of the molecule is CCCCCCCCCCCCCCCCCC(=O)O[C@H](COC(=O)CCCCCCCCCCCCC(C)C)COP(=O)(O)OC[C@@H](O)COP(=O)(O)OC[C@@H](COC(=O)CCCCCCCCCC)OC(=O)CCCCCCCCCCCCC. The monoisotopic (exact) mass is 1280 g/mol. The zero-order chi connectivity index (χ0) is 64.2. The van der Waals surface area contributed by atoms with Crippen molar-refractivity contribution < 1.29 is 80.2 Å². The Morgan fingerprint density at radius 3 is 0.782 bits per heavy atom. The van der Waals surface area contributed by atoms with Crippen LogP contribution in [0.3, 0.4) is 0 Å². The van der Waals surface area contributed by atoms with Crippen molar-refractivity contribution in [2.45, 2.75) is 368 Å². The van der Waals surface area contributed by atoms with Gasteiger partial charge >= 0.3 is 39.5 Å². The Labute approximate surface area is 530 Å². The minimum absolute atomic E-state index is 0.107. The Kier molecular flexibility index (Phi) is 60.2. The maximum Gasteiger partial charge on any atom is 0.472 e. The molecule has 0 aliphatic heterocycles. The van der Waals surface area contributed by atoms with Crippen LogP contribution in [-0.4, -0.2) is 96.7 Å². The van der Waals surface area contributed by atoms with Gasteiger partial charge in [0.2, 0.25) is 0 Å². The summed E-state index contributed by atoms with van der Waals surface area (Å²) in [5.41, 5.74) is 0. The molecule has 0 aromatic carbocycles. The molecule has 3 N–H and O–H groups in total. The van der Waals surface area contributed by atoms with Gasteiger partial charge in [0.15, 0.2) is 12.2 Å². The van der Waals surface area contributed by atoms with Crippen molar-refractivity contribution in [3.8, 4) is 0 Å². The van der Waals surface area contributed by atoms with Gasteiger partial charge in [-0.05, 0) is 31.6 Å². The molecule has 0 aliphatic rings. The molecule has 0 heterocycles.